The molecule has 1 aromatic heterocycles. The van der Waals surface area contributed by atoms with Crippen molar-refractivity contribution in [2.75, 3.05) is 19.5 Å². The largest absolute Gasteiger partial charge is 0.493 e. The van der Waals surface area contributed by atoms with Crippen LogP contribution in [-0.4, -0.2) is 25.0 Å². The molecule has 0 aliphatic heterocycles. The number of Topliss-reactive ketones (excluding diaryl/α,β-unsaturated/α-hetero) is 1. The third-order valence-electron chi connectivity index (χ3n) is 4.21. The molecule has 0 aliphatic rings. The lowest BCUT2D eigenvalue weighted by molar-refractivity contribution is 0.101. The number of aromatic nitrogens is 1. The molecule has 0 bridgehead atoms. The summed E-state index contributed by atoms with van der Waals surface area (Å²) in [5, 5.41) is 15.1. The second kappa shape index (κ2) is 9.04. The molecule has 2 aromatic carbocycles. The van der Waals surface area contributed by atoms with E-state index in [0.29, 0.717) is 27.6 Å². The van der Waals surface area contributed by atoms with Crippen LogP contribution in [0.3, 0.4) is 0 Å². The third-order valence-corrected chi connectivity index (χ3v) is 5.08. The number of anilines is 1. The van der Waals surface area contributed by atoms with E-state index in [1.54, 1.807) is 44.7 Å². The molecule has 146 valence electrons. The van der Waals surface area contributed by atoms with E-state index in [0.717, 1.165) is 16.9 Å². The molecule has 0 saturated carbocycles. The molecule has 1 heterocycles. The number of nitrogens with one attached hydrogen (secondary N) is 1. The number of methoxy groups -OCH3 is 2. The minimum atomic E-state index is 0.00952. The quantitative estimate of drug-likeness (QED) is 0.439. The van der Waals surface area contributed by atoms with Crippen molar-refractivity contribution in [1.82, 2.24) is 4.98 Å². The minimum Gasteiger partial charge on any atom is -0.493 e. The summed E-state index contributed by atoms with van der Waals surface area (Å²) in [6.07, 6.45) is 1.61. The van der Waals surface area contributed by atoms with Gasteiger partial charge in [-0.05, 0) is 49.4 Å². The molecular weight excluding hydrogens is 386 g/mol. The van der Waals surface area contributed by atoms with Crippen LogP contribution >= 0.6 is 11.3 Å². The van der Waals surface area contributed by atoms with Gasteiger partial charge < -0.3 is 14.8 Å². The van der Waals surface area contributed by atoms with Crippen LogP contribution in [0.4, 0.5) is 5.69 Å². The average Bonchev–Trinajstić information content (AvgIpc) is 3.24. The van der Waals surface area contributed by atoms with Gasteiger partial charge in [0.1, 0.15) is 16.6 Å². The fraction of sp³-hybridized carbons (Fsp3) is 0.136. The van der Waals surface area contributed by atoms with E-state index in [-0.39, 0.29) is 5.78 Å². The van der Waals surface area contributed by atoms with E-state index in [1.165, 1.54) is 18.3 Å². The van der Waals surface area contributed by atoms with E-state index in [2.05, 4.69) is 16.4 Å². The molecule has 0 fully saturated rings. The monoisotopic (exact) mass is 405 g/mol. The Balaban J connectivity index is 1.81. The first-order valence-corrected chi connectivity index (χ1v) is 9.59. The second-order valence-electron chi connectivity index (χ2n) is 6.06. The number of carbonyl (C=O) groups is 1. The van der Waals surface area contributed by atoms with Crippen molar-refractivity contribution in [2.45, 2.75) is 6.92 Å². The summed E-state index contributed by atoms with van der Waals surface area (Å²) in [4.78, 5) is 15.9. The Labute approximate surface area is 173 Å². The first kappa shape index (κ1) is 20.1. The van der Waals surface area contributed by atoms with Crippen LogP contribution in [0.2, 0.25) is 0 Å². The minimum absolute atomic E-state index is 0.00952. The number of carbonyl (C=O) groups excluding carboxylic acids is 1. The van der Waals surface area contributed by atoms with Gasteiger partial charge in [-0.2, -0.15) is 5.26 Å². The Morgan fingerprint density at radius 2 is 1.86 bits per heavy atom. The summed E-state index contributed by atoms with van der Waals surface area (Å²) < 4.78 is 10.6. The van der Waals surface area contributed by atoms with Crippen molar-refractivity contribution in [2.24, 2.45) is 0 Å². The first-order valence-electron chi connectivity index (χ1n) is 8.71. The molecule has 29 heavy (non-hydrogen) atoms. The second-order valence-corrected chi connectivity index (χ2v) is 6.91. The summed E-state index contributed by atoms with van der Waals surface area (Å²) in [6, 6.07) is 14.8. The number of rotatable bonds is 7. The van der Waals surface area contributed by atoms with Crippen LogP contribution < -0.4 is 14.8 Å². The van der Waals surface area contributed by atoms with Crippen molar-refractivity contribution in [3.8, 4) is 28.8 Å². The van der Waals surface area contributed by atoms with Gasteiger partial charge in [-0.1, -0.05) is 0 Å². The van der Waals surface area contributed by atoms with Crippen LogP contribution in [0.1, 0.15) is 22.3 Å². The smallest absolute Gasteiger partial charge is 0.161 e. The van der Waals surface area contributed by atoms with Crippen molar-refractivity contribution in [3.05, 3.63) is 64.6 Å². The molecule has 0 unspecified atom stereocenters. The molecule has 0 spiro atoms. The molecule has 3 rings (SSSR count). The van der Waals surface area contributed by atoms with Gasteiger partial charge in [0.2, 0.25) is 0 Å². The molecule has 0 atom stereocenters. The summed E-state index contributed by atoms with van der Waals surface area (Å²) in [6.45, 7) is 1.52. The van der Waals surface area contributed by atoms with Gasteiger partial charge in [0.15, 0.2) is 17.3 Å². The predicted molar refractivity (Wildman–Crippen MR) is 114 cm³/mol. The molecule has 1 N–H and O–H groups in total. The number of ether oxygens (including phenoxy) is 2. The highest BCUT2D eigenvalue weighted by Crippen LogP contribution is 2.33. The normalized spacial score (nSPS) is 10.9. The van der Waals surface area contributed by atoms with Gasteiger partial charge in [-0.3, -0.25) is 4.79 Å². The van der Waals surface area contributed by atoms with E-state index < -0.39 is 0 Å². The Kier molecular flexibility index (Phi) is 6.27. The molecule has 7 heteroatoms. The third kappa shape index (κ3) is 4.62. The van der Waals surface area contributed by atoms with Gasteiger partial charge in [0, 0.05) is 28.4 Å². The number of hydrogen-bond acceptors (Lipinski definition) is 7. The summed E-state index contributed by atoms with van der Waals surface area (Å²) >= 11 is 1.38. The molecule has 0 amide bonds. The number of thiazole rings is 1. The lowest BCUT2D eigenvalue weighted by Crippen LogP contribution is -1.94. The lowest BCUT2D eigenvalue weighted by Gasteiger charge is -2.08. The van der Waals surface area contributed by atoms with Gasteiger partial charge in [-0.15, -0.1) is 11.3 Å². The number of allylic oxidation sites excluding steroid dienone is 1. The molecule has 6 nitrogen and oxygen atoms in total. The van der Waals surface area contributed by atoms with Crippen LogP contribution in [0.5, 0.6) is 11.5 Å². The topological polar surface area (TPSA) is 84.2 Å². The summed E-state index contributed by atoms with van der Waals surface area (Å²) in [5.74, 6) is 1.27. The Morgan fingerprint density at radius 1 is 1.14 bits per heavy atom. The lowest BCUT2D eigenvalue weighted by atomic mass is 10.1. The van der Waals surface area contributed by atoms with Gasteiger partial charge in [0.05, 0.1) is 19.9 Å². The van der Waals surface area contributed by atoms with Crippen molar-refractivity contribution >= 4 is 28.4 Å². The van der Waals surface area contributed by atoms with Crippen molar-refractivity contribution < 1.29 is 14.3 Å². The average molecular weight is 405 g/mol. The van der Waals surface area contributed by atoms with E-state index in [1.807, 2.05) is 23.6 Å². The number of ketones is 1. The fourth-order valence-electron chi connectivity index (χ4n) is 2.62. The van der Waals surface area contributed by atoms with Crippen molar-refractivity contribution in [1.29, 1.82) is 5.26 Å². The van der Waals surface area contributed by atoms with Gasteiger partial charge >= 0.3 is 0 Å². The summed E-state index contributed by atoms with van der Waals surface area (Å²) in [7, 11) is 3.17. The SMILES string of the molecule is COc1ccc(-c2csc(/C(C#N)=C\Nc3ccc(C(C)=O)cc3)n2)cc1OC. The molecule has 0 saturated heterocycles. The predicted octanol–water partition coefficient (Wildman–Crippen LogP) is 5.01. The van der Waals surface area contributed by atoms with Crippen molar-refractivity contribution in [3.63, 3.8) is 0 Å². The standard InChI is InChI=1S/C22H19N3O3S/c1-14(26)15-4-7-18(8-5-15)24-12-17(11-23)22-25-19(13-29-22)16-6-9-20(27-2)21(10-16)28-3/h4-10,12-13,24H,1-3H3/b17-12-. The number of hydrogen-bond donors (Lipinski definition) is 1. The van der Waals surface area contributed by atoms with Crippen LogP contribution in [0.25, 0.3) is 16.8 Å². The highest BCUT2D eigenvalue weighted by Gasteiger charge is 2.12. The van der Waals surface area contributed by atoms with Gasteiger partial charge in [0.25, 0.3) is 0 Å². The number of nitriles is 1. The van der Waals surface area contributed by atoms with Crippen LogP contribution in [0, 0.1) is 11.3 Å². The molecule has 3 aromatic rings. The van der Waals surface area contributed by atoms with E-state index in [4.69, 9.17) is 9.47 Å². The molecule has 0 aliphatic carbocycles. The van der Waals surface area contributed by atoms with Crippen LogP contribution in [-0.2, 0) is 0 Å². The first-order chi connectivity index (χ1) is 14.0. The number of benzene rings is 2. The Morgan fingerprint density at radius 3 is 2.48 bits per heavy atom. The summed E-state index contributed by atoms with van der Waals surface area (Å²) in [5.41, 5.74) is 3.45. The molecule has 0 radical (unpaired) electrons. The Bertz CT molecular complexity index is 1100. The highest BCUT2D eigenvalue weighted by molar-refractivity contribution is 7.11. The van der Waals surface area contributed by atoms with Gasteiger partial charge in [-0.25, -0.2) is 4.98 Å². The van der Waals surface area contributed by atoms with Crippen LogP contribution in [0.15, 0.2) is 54.0 Å². The fourth-order valence-corrected chi connectivity index (χ4v) is 3.42. The number of nitrogens with zero attached hydrogens (tertiary/aromatic N) is 2. The maximum atomic E-state index is 11.4. The van der Waals surface area contributed by atoms with E-state index >= 15 is 0 Å². The zero-order chi connectivity index (χ0) is 20.8. The molecular formula is C22H19N3O3S. The maximum absolute atomic E-state index is 11.4. The Hall–Kier alpha value is -3.63. The van der Waals surface area contributed by atoms with E-state index in [9.17, 15) is 10.1 Å². The zero-order valence-electron chi connectivity index (χ0n) is 16.2. The zero-order valence-corrected chi connectivity index (χ0v) is 17.0. The highest BCUT2D eigenvalue weighted by atomic mass is 32.1. The maximum Gasteiger partial charge on any atom is 0.161 e.